The van der Waals surface area contributed by atoms with Crippen molar-refractivity contribution in [2.75, 3.05) is 0 Å². The molecule has 0 radical (unpaired) electrons. The van der Waals surface area contributed by atoms with Crippen LogP contribution in [0.25, 0.3) is 33.8 Å². The highest BCUT2D eigenvalue weighted by atomic mass is 35.5. The number of nitrogens with zero attached hydrogens (tertiary/aromatic N) is 3. The monoisotopic (exact) mass is 310 g/mol. The normalized spacial score (nSPS) is 11.1. The minimum absolute atomic E-state index is 0.504. The fourth-order valence-corrected chi connectivity index (χ4v) is 2.78. The number of pyridine rings is 1. The quantitative estimate of drug-likeness (QED) is 0.551. The molecular formula is C16H11ClN4O. The number of aromatic nitrogens is 4. The molecule has 3 heterocycles. The molecule has 0 unspecified atom stereocenters. The number of fused-ring (bicyclic) bond motifs is 1. The summed E-state index contributed by atoms with van der Waals surface area (Å²) < 4.78 is 1.01. The Kier molecular flexibility index (Phi) is 2.87. The molecule has 0 aliphatic carbocycles. The van der Waals surface area contributed by atoms with E-state index in [9.17, 15) is 5.21 Å². The predicted molar refractivity (Wildman–Crippen MR) is 84.1 cm³/mol. The molecule has 4 rings (SSSR count). The van der Waals surface area contributed by atoms with E-state index in [2.05, 4.69) is 15.2 Å². The number of hydrogen-bond acceptors (Lipinski definition) is 3. The Bertz CT molecular complexity index is 927. The van der Waals surface area contributed by atoms with E-state index in [1.54, 1.807) is 24.7 Å². The largest absolute Gasteiger partial charge is 0.427 e. The molecule has 1 aromatic carbocycles. The summed E-state index contributed by atoms with van der Waals surface area (Å²) in [7, 11) is 0. The van der Waals surface area contributed by atoms with Crippen LogP contribution in [0.15, 0.2) is 55.0 Å². The first-order chi connectivity index (χ1) is 10.7. The van der Waals surface area contributed by atoms with Crippen LogP contribution in [0.2, 0.25) is 5.02 Å². The zero-order valence-corrected chi connectivity index (χ0v) is 12.1. The topological polar surface area (TPSA) is 66.7 Å². The maximum absolute atomic E-state index is 9.82. The summed E-state index contributed by atoms with van der Waals surface area (Å²) in [6, 6.07) is 11.3. The third-order valence-electron chi connectivity index (χ3n) is 3.60. The predicted octanol–water partition coefficient (Wildman–Crippen LogP) is 3.94. The third kappa shape index (κ3) is 1.95. The van der Waals surface area contributed by atoms with Gasteiger partial charge < -0.3 is 5.21 Å². The molecule has 5 nitrogen and oxygen atoms in total. The highest BCUT2D eigenvalue weighted by Gasteiger charge is 2.19. The summed E-state index contributed by atoms with van der Waals surface area (Å²) in [6.07, 6.45) is 5.03. The van der Waals surface area contributed by atoms with Crippen molar-refractivity contribution < 1.29 is 5.21 Å². The maximum Gasteiger partial charge on any atom is 0.175 e. The number of nitrogens with one attached hydrogen (secondary N) is 1. The van der Waals surface area contributed by atoms with Crippen molar-refractivity contribution in [1.29, 1.82) is 0 Å². The Hall–Kier alpha value is -2.79. The molecule has 2 aliphatic rings. The molecule has 0 saturated heterocycles. The average Bonchev–Trinajstić information content (AvgIpc) is 3.13. The lowest BCUT2D eigenvalue weighted by atomic mass is 10.0. The van der Waals surface area contributed by atoms with Crippen molar-refractivity contribution in [3.05, 3.63) is 60.0 Å². The van der Waals surface area contributed by atoms with Crippen molar-refractivity contribution >= 4 is 11.6 Å². The summed E-state index contributed by atoms with van der Waals surface area (Å²) in [5.74, 6) is 0.504. The summed E-state index contributed by atoms with van der Waals surface area (Å²) in [5, 5.41) is 17.6. The molecule has 1 aromatic heterocycles. The van der Waals surface area contributed by atoms with Gasteiger partial charge in [0.1, 0.15) is 0 Å². The highest BCUT2D eigenvalue weighted by molar-refractivity contribution is 6.30. The minimum Gasteiger partial charge on any atom is -0.427 e. The fraction of sp³-hybridized carbons (Fsp3) is 0. The van der Waals surface area contributed by atoms with Gasteiger partial charge in [0.15, 0.2) is 5.82 Å². The lowest BCUT2D eigenvalue weighted by Gasteiger charge is -2.06. The maximum atomic E-state index is 9.82. The van der Waals surface area contributed by atoms with Gasteiger partial charge in [0.05, 0.1) is 11.9 Å². The van der Waals surface area contributed by atoms with Crippen molar-refractivity contribution in [3.8, 4) is 33.8 Å². The fourth-order valence-electron chi connectivity index (χ4n) is 2.59. The van der Waals surface area contributed by atoms with Gasteiger partial charge in [-0.3, -0.25) is 5.10 Å². The van der Waals surface area contributed by atoms with E-state index < -0.39 is 0 Å². The van der Waals surface area contributed by atoms with E-state index in [-0.39, 0.29) is 0 Å². The van der Waals surface area contributed by atoms with E-state index in [4.69, 9.17) is 11.6 Å². The number of benzene rings is 1. The average molecular weight is 311 g/mol. The SMILES string of the molecule is On1cccc2c(-c3[nH]ncc3-c3cccc(Cl)c3)cnc1-2. The second-order valence-electron chi connectivity index (χ2n) is 4.93. The van der Waals surface area contributed by atoms with Crippen molar-refractivity contribution in [3.63, 3.8) is 0 Å². The number of aromatic amines is 1. The number of hydrogen-bond donors (Lipinski definition) is 2. The molecule has 0 spiro atoms. The van der Waals surface area contributed by atoms with E-state index in [0.717, 1.165) is 32.7 Å². The second-order valence-corrected chi connectivity index (χ2v) is 5.37. The zero-order valence-electron chi connectivity index (χ0n) is 11.4. The lowest BCUT2D eigenvalue weighted by Crippen LogP contribution is -1.97. The number of halogens is 1. The van der Waals surface area contributed by atoms with Gasteiger partial charge in [-0.2, -0.15) is 9.83 Å². The molecule has 0 saturated carbocycles. The van der Waals surface area contributed by atoms with E-state index >= 15 is 0 Å². The van der Waals surface area contributed by atoms with Crippen LogP contribution < -0.4 is 0 Å². The summed E-state index contributed by atoms with van der Waals surface area (Å²) in [5.41, 5.74) is 4.47. The van der Waals surface area contributed by atoms with Gasteiger partial charge in [-0.1, -0.05) is 23.7 Å². The summed E-state index contributed by atoms with van der Waals surface area (Å²) >= 11 is 6.08. The van der Waals surface area contributed by atoms with Crippen LogP contribution in [0.1, 0.15) is 0 Å². The summed E-state index contributed by atoms with van der Waals surface area (Å²) in [6.45, 7) is 0. The van der Waals surface area contributed by atoms with Crippen molar-refractivity contribution in [2.24, 2.45) is 0 Å². The molecule has 2 N–H and O–H groups in total. The van der Waals surface area contributed by atoms with E-state index in [1.165, 1.54) is 0 Å². The van der Waals surface area contributed by atoms with Crippen LogP contribution in [-0.4, -0.2) is 25.1 Å². The van der Waals surface area contributed by atoms with Gasteiger partial charge in [0.2, 0.25) is 0 Å². The van der Waals surface area contributed by atoms with Crippen LogP contribution in [-0.2, 0) is 0 Å². The summed E-state index contributed by atoms with van der Waals surface area (Å²) in [4.78, 5) is 4.27. The Morgan fingerprint density at radius 1 is 1.05 bits per heavy atom. The van der Waals surface area contributed by atoms with Crippen LogP contribution >= 0.6 is 11.6 Å². The Labute approximate surface area is 131 Å². The lowest BCUT2D eigenvalue weighted by molar-refractivity contribution is 0.187. The van der Waals surface area contributed by atoms with Gasteiger partial charge in [-0.25, -0.2) is 4.98 Å². The van der Waals surface area contributed by atoms with Crippen LogP contribution in [0, 0.1) is 0 Å². The van der Waals surface area contributed by atoms with Gasteiger partial charge in [0, 0.05) is 34.1 Å². The minimum atomic E-state index is 0.504. The standard InChI is InChI=1S/C16H11ClN4O/c17-11-4-1-3-10(7-11)13-9-19-20-15(13)14-8-18-16-12(14)5-2-6-21(16)22/h1-9,22H,(H,19,20). The molecular weight excluding hydrogens is 300 g/mol. The molecule has 6 heteroatoms. The number of rotatable bonds is 2. The second kappa shape index (κ2) is 4.89. The molecule has 22 heavy (non-hydrogen) atoms. The van der Waals surface area contributed by atoms with Gasteiger partial charge in [-0.05, 0) is 29.8 Å². The Morgan fingerprint density at radius 3 is 2.82 bits per heavy atom. The molecule has 0 amide bonds. The van der Waals surface area contributed by atoms with Crippen molar-refractivity contribution in [1.82, 2.24) is 19.9 Å². The van der Waals surface area contributed by atoms with Gasteiger partial charge >= 0.3 is 0 Å². The molecule has 108 valence electrons. The van der Waals surface area contributed by atoms with Gasteiger partial charge in [0.25, 0.3) is 0 Å². The molecule has 0 atom stereocenters. The molecule has 2 aliphatic heterocycles. The Balaban J connectivity index is 1.90. The highest BCUT2D eigenvalue weighted by Crippen LogP contribution is 2.37. The zero-order chi connectivity index (χ0) is 15.1. The molecule has 2 aromatic rings. The van der Waals surface area contributed by atoms with Crippen LogP contribution in [0.3, 0.4) is 0 Å². The first-order valence-electron chi connectivity index (χ1n) is 6.69. The van der Waals surface area contributed by atoms with E-state index in [1.807, 2.05) is 30.3 Å². The van der Waals surface area contributed by atoms with Crippen molar-refractivity contribution in [2.45, 2.75) is 0 Å². The first-order valence-corrected chi connectivity index (χ1v) is 7.07. The molecule has 0 bridgehead atoms. The smallest absolute Gasteiger partial charge is 0.175 e. The number of H-pyrrole nitrogens is 1. The van der Waals surface area contributed by atoms with Gasteiger partial charge in [-0.15, -0.1) is 0 Å². The Morgan fingerprint density at radius 2 is 1.95 bits per heavy atom. The van der Waals surface area contributed by atoms with Crippen LogP contribution in [0.5, 0.6) is 0 Å². The van der Waals surface area contributed by atoms with E-state index in [0.29, 0.717) is 10.8 Å². The molecule has 0 fully saturated rings. The first kappa shape index (κ1) is 12.9. The third-order valence-corrected chi connectivity index (χ3v) is 3.83. The van der Waals surface area contributed by atoms with Crippen LogP contribution in [0.4, 0.5) is 0 Å².